The predicted octanol–water partition coefficient (Wildman–Crippen LogP) is 5.19. The molecule has 48 heavy (non-hydrogen) atoms. The van der Waals surface area contributed by atoms with Crippen LogP contribution in [0.4, 0.5) is 4.39 Å². The van der Waals surface area contributed by atoms with E-state index in [2.05, 4.69) is 4.98 Å². The van der Waals surface area contributed by atoms with Crippen molar-refractivity contribution in [2.45, 2.75) is 77.8 Å². The minimum Gasteiger partial charge on any atom is -0.482 e. The second-order valence-electron chi connectivity index (χ2n) is 13.7. The zero-order chi connectivity index (χ0) is 34.6. The fourth-order valence-corrected chi connectivity index (χ4v) is 8.65. The van der Waals surface area contributed by atoms with E-state index in [1.165, 1.54) is 44.3 Å². The number of carbonyl (C=O) groups is 3. The van der Waals surface area contributed by atoms with Gasteiger partial charge in [0.15, 0.2) is 0 Å². The van der Waals surface area contributed by atoms with Crippen molar-refractivity contribution in [3.63, 3.8) is 0 Å². The van der Waals surface area contributed by atoms with Gasteiger partial charge < -0.3 is 28.5 Å². The van der Waals surface area contributed by atoms with E-state index >= 15 is 0 Å². The van der Waals surface area contributed by atoms with Gasteiger partial charge in [0.05, 0.1) is 11.7 Å². The van der Waals surface area contributed by atoms with Crippen molar-refractivity contribution in [3.05, 3.63) is 82.2 Å². The average Bonchev–Trinajstić information content (AvgIpc) is 3.02. The monoisotopic (exact) mass is 663 g/mol. The summed E-state index contributed by atoms with van der Waals surface area (Å²) in [6, 6.07) is 10.0. The SMILES string of the molecule is CC(=O)OC[C@@]1(C)C2C[C@H](OC(=O)c3cccc(F)c3)[C@@]3(C)Oc4cc(-c5cccnc5)oc(=O)c4[C@H](O)C3[C@@]2(C)CC[C@@H]1OC(C)=O. The van der Waals surface area contributed by atoms with E-state index in [4.69, 9.17) is 23.4 Å². The van der Waals surface area contributed by atoms with Crippen LogP contribution in [0.5, 0.6) is 5.75 Å². The van der Waals surface area contributed by atoms with Gasteiger partial charge in [0.1, 0.15) is 47.3 Å². The lowest BCUT2D eigenvalue weighted by molar-refractivity contribution is -0.266. The third-order valence-electron chi connectivity index (χ3n) is 10.7. The normalized spacial score (nSPS) is 32.0. The maximum absolute atomic E-state index is 14.2. The Morgan fingerprint density at radius 2 is 1.81 bits per heavy atom. The van der Waals surface area contributed by atoms with Gasteiger partial charge in [-0.2, -0.15) is 0 Å². The number of rotatable bonds is 6. The van der Waals surface area contributed by atoms with Gasteiger partial charge in [-0.3, -0.25) is 14.6 Å². The molecule has 2 aliphatic carbocycles. The molecule has 1 aliphatic heterocycles. The first-order valence-corrected chi connectivity index (χ1v) is 15.9. The third kappa shape index (κ3) is 5.55. The largest absolute Gasteiger partial charge is 0.482 e. The molecule has 0 bridgehead atoms. The molecule has 3 aliphatic rings. The standard InChI is InChI=1S/C36H38FNO10/c1-19(39)44-18-35(4)26-16-28(47-32(42)21-8-6-10-23(37)14-21)36(5)31(34(26,3)12-11-27(35)45-20(2)40)30(41)29-25(48-36)15-24(46-33(29)43)22-9-7-13-38-17-22/h6-10,13-15,17,26-28,30-31,41H,11-12,16,18H2,1-5H3/t26?,27-,28-,30-,31?,34-,35-,36+/m0/s1. The second-order valence-corrected chi connectivity index (χ2v) is 13.7. The van der Waals surface area contributed by atoms with E-state index < -0.39 is 75.9 Å². The van der Waals surface area contributed by atoms with Crippen LogP contribution in [0.3, 0.4) is 0 Å². The number of halogens is 1. The molecule has 12 heteroatoms. The topological polar surface area (TPSA) is 151 Å². The molecule has 2 unspecified atom stereocenters. The van der Waals surface area contributed by atoms with E-state index in [0.29, 0.717) is 18.4 Å². The van der Waals surface area contributed by atoms with Gasteiger partial charge >= 0.3 is 23.5 Å². The number of aromatic nitrogens is 1. The third-order valence-corrected chi connectivity index (χ3v) is 10.7. The van der Waals surface area contributed by atoms with E-state index in [0.717, 1.165) is 6.07 Å². The summed E-state index contributed by atoms with van der Waals surface area (Å²) < 4.78 is 44.1. The minimum absolute atomic E-state index is 0.0242. The lowest BCUT2D eigenvalue weighted by Gasteiger charge is -2.66. The van der Waals surface area contributed by atoms with Crippen molar-refractivity contribution in [2.75, 3.05) is 6.61 Å². The zero-order valence-electron chi connectivity index (χ0n) is 27.4. The summed E-state index contributed by atoms with van der Waals surface area (Å²) in [6.07, 6.45) is 0.828. The van der Waals surface area contributed by atoms with Crippen molar-refractivity contribution in [3.8, 4) is 17.1 Å². The number of hydrogen-bond donors (Lipinski definition) is 1. The summed E-state index contributed by atoms with van der Waals surface area (Å²) in [5.41, 5.74) is -3.65. The highest BCUT2D eigenvalue weighted by atomic mass is 19.1. The maximum Gasteiger partial charge on any atom is 0.345 e. The van der Waals surface area contributed by atoms with Crippen LogP contribution < -0.4 is 10.4 Å². The molecular formula is C36H38FNO10. The van der Waals surface area contributed by atoms with E-state index in [-0.39, 0.29) is 35.7 Å². The Morgan fingerprint density at radius 3 is 2.48 bits per heavy atom. The summed E-state index contributed by atoms with van der Waals surface area (Å²) in [6.45, 7) is 7.99. The summed E-state index contributed by atoms with van der Waals surface area (Å²) in [4.78, 5) is 55.7. The molecule has 0 saturated heterocycles. The predicted molar refractivity (Wildman–Crippen MR) is 167 cm³/mol. The van der Waals surface area contributed by atoms with E-state index in [1.54, 1.807) is 25.3 Å². The summed E-state index contributed by atoms with van der Waals surface area (Å²) in [7, 11) is 0. The van der Waals surface area contributed by atoms with Crippen LogP contribution >= 0.6 is 0 Å². The molecule has 1 aromatic carbocycles. The first-order chi connectivity index (χ1) is 22.7. The smallest absolute Gasteiger partial charge is 0.345 e. The molecular weight excluding hydrogens is 625 g/mol. The molecule has 0 spiro atoms. The van der Waals surface area contributed by atoms with E-state index in [9.17, 15) is 28.7 Å². The number of aliphatic hydroxyl groups excluding tert-OH is 1. The molecule has 11 nitrogen and oxygen atoms in total. The van der Waals surface area contributed by atoms with Gasteiger partial charge in [-0.1, -0.05) is 19.9 Å². The van der Waals surface area contributed by atoms with Crippen LogP contribution in [0.1, 0.15) is 75.9 Å². The number of ether oxygens (including phenoxy) is 4. The Hall–Kier alpha value is -4.58. The minimum atomic E-state index is -1.44. The molecule has 2 aromatic heterocycles. The van der Waals surface area contributed by atoms with Crippen LogP contribution in [-0.2, 0) is 23.8 Å². The van der Waals surface area contributed by atoms with Crippen molar-refractivity contribution in [1.29, 1.82) is 0 Å². The van der Waals surface area contributed by atoms with Crippen molar-refractivity contribution in [1.82, 2.24) is 4.98 Å². The molecule has 2 fully saturated rings. The first-order valence-electron chi connectivity index (χ1n) is 15.9. The van der Waals surface area contributed by atoms with Crippen molar-refractivity contribution in [2.24, 2.45) is 22.7 Å². The lowest BCUT2D eigenvalue weighted by atomic mass is 9.42. The van der Waals surface area contributed by atoms with Crippen LogP contribution in [0.25, 0.3) is 11.3 Å². The number of aliphatic hydroxyl groups is 1. The number of fused-ring (bicyclic) bond motifs is 4. The lowest BCUT2D eigenvalue weighted by Crippen LogP contribution is -2.71. The van der Waals surface area contributed by atoms with Gasteiger partial charge in [0.2, 0.25) is 0 Å². The maximum atomic E-state index is 14.2. The average molecular weight is 664 g/mol. The molecule has 3 heterocycles. The highest BCUT2D eigenvalue weighted by molar-refractivity contribution is 5.89. The Morgan fingerprint density at radius 1 is 1.04 bits per heavy atom. The van der Waals surface area contributed by atoms with Crippen molar-refractivity contribution < 1.29 is 47.2 Å². The summed E-state index contributed by atoms with van der Waals surface area (Å²) >= 11 is 0. The van der Waals surface area contributed by atoms with Gasteiger partial charge in [0.25, 0.3) is 0 Å². The molecule has 3 aromatic rings. The number of pyridine rings is 1. The van der Waals surface area contributed by atoms with Gasteiger partial charge in [-0.15, -0.1) is 0 Å². The molecule has 0 amide bonds. The molecule has 2 saturated carbocycles. The van der Waals surface area contributed by atoms with Crippen LogP contribution in [0, 0.1) is 28.5 Å². The number of benzene rings is 1. The molecule has 8 atom stereocenters. The van der Waals surface area contributed by atoms with Gasteiger partial charge in [-0.05, 0) is 67.9 Å². The van der Waals surface area contributed by atoms with Gasteiger partial charge in [-0.25, -0.2) is 14.0 Å². The number of nitrogens with zero attached hydrogens (tertiary/aromatic N) is 1. The van der Waals surface area contributed by atoms with Crippen LogP contribution in [0.2, 0.25) is 0 Å². The van der Waals surface area contributed by atoms with Crippen LogP contribution in [-0.4, -0.2) is 52.4 Å². The van der Waals surface area contributed by atoms with E-state index in [1.807, 2.05) is 13.8 Å². The summed E-state index contributed by atoms with van der Waals surface area (Å²) in [5.74, 6) is -3.61. The fraction of sp³-hybridized carbons (Fsp3) is 0.472. The first kappa shape index (κ1) is 33.3. The molecule has 6 rings (SSSR count). The highest BCUT2D eigenvalue weighted by Gasteiger charge is 2.71. The number of carbonyl (C=O) groups excluding carboxylic acids is 3. The molecule has 254 valence electrons. The Labute approximate surface area is 276 Å². The number of hydrogen-bond acceptors (Lipinski definition) is 11. The highest BCUT2D eigenvalue weighted by Crippen LogP contribution is 2.67. The Balaban J connectivity index is 1.51. The quantitative estimate of drug-likeness (QED) is 0.274. The molecule has 1 N–H and O–H groups in total. The Kier molecular flexibility index (Phi) is 8.43. The van der Waals surface area contributed by atoms with Crippen molar-refractivity contribution >= 4 is 17.9 Å². The van der Waals surface area contributed by atoms with Crippen LogP contribution in [0.15, 0.2) is 64.1 Å². The zero-order valence-corrected chi connectivity index (χ0v) is 27.4. The van der Waals surface area contributed by atoms with Gasteiger partial charge in [0, 0.05) is 49.2 Å². The fourth-order valence-electron chi connectivity index (χ4n) is 8.65. The molecule has 0 radical (unpaired) electrons. The Bertz CT molecular complexity index is 1810. The second kappa shape index (κ2) is 12.1. The summed E-state index contributed by atoms with van der Waals surface area (Å²) in [5, 5.41) is 12.3. The number of esters is 3.